The fourth-order valence-electron chi connectivity index (χ4n) is 17.2. The maximum atomic E-state index is 12.6. The minimum Gasteiger partial charge on any atom is -0.507 e. The van der Waals surface area contributed by atoms with Gasteiger partial charge in [0.25, 0.3) is 0 Å². The quantitative estimate of drug-likeness (QED) is 0.223. The first-order valence-electron chi connectivity index (χ1n) is 26.1. The summed E-state index contributed by atoms with van der Waals surface area (Å²) in [5.41, 5.74) is 9.14. The van der Waals surface area contributed by atoms with Gasteiger partial charge in [-0.1, -0.05) is 119 Å². The number of benzene rings is 2. The van der Waals surface area contributed by atoms with Gasteiger partial charge < -0.3 is 10.2 Å². The van der Waals surface area contributed by atoms with Gasteiger partial charge >= 0.3 is 0 Å². The zero-order valence-corrected chi connectivity index (χ0v) is 42.8. The Morgan fingerprint density at radius 3 is 1.21 bits per heavy atom. The lowest BCUT2D eigenvalue weighted by molar-refractivity contribution is -0.0823. The number of phenols is 2. The summed E-state index contributed by atoms with van der Waals surface area (Å²) >= 11 is 4.31. The molecule has 62 heavy (non-hydrogen) atoms. The van der Waals surface area contributed by atoms with Crippen LogP contribution in [0.15, 0.2) is 24.3 Å². The molecule has 2 N–H and O–H groups in total. The summed E-state index contributed by atoms with van der Waals surface area (Å²) in [6.07, 6.45) is 26.7. The van der Waals surface area contributed by atoms with Gasteiger partial charge in [0, 0.05) is 55.1 Å². The second-order valence-corrected chi connectivity index (χ2v) is 29.4. The van der Waals surface area contributed by atoms with Crippen LogP contribution < -0.4 is 0 Å². The second-order valence-electron chi connectivity index (χ2n) is 26.9. The molecule has 0 heterocycles. The average Bonchev–Trinajstić information content (AvgIpc) is 3.12. The molecule has 0 saturated heterocycles. The Kier molecular flexibility index (Phi) is 12.4. The lowest BCUT2D eigenvalue weighted by Crippen LogP contribution is -2.54. The van der Waals surface area contributed by atoms with Gasteiger partial charge in [-0.25, -0.2) is 0 Å². The molecule has 4 unspecified atom stereocenters. The highest BCUT2D eigenvalue weighted by Gasteiger charge is 2.60. The smallest absolute Gasteiger partial charge is 0.123 e. The second kappa shape index (κ2) is 16.8. The van der Waals surface area contributed by atoms with E-state index in [9.17, 15) is 10.2 Å². The number of rotatable bonds is 12. The van der Waals surface area contributed by atoms with E-state index < -0.39 is 0 Å². The van der Waals surface area contributed by atoms with Gasteiger partial charge in [-0.15, -0.1) is 0 Å². The first-order chi connectivity index (χ1) is 29.2. The molecule has 2 nitrogen and oxygen atoms in total. The van der Waals surface area contributed by atoms with Crippen LogP contribution >= 0.6 is 23.5 Å². The van der Waals surface area contributed by atoms with Crippen LogP contribution in [0.1, 0.15) is 231 Å². The molecule has 0 aliphatic heterocycles. The van der Waals surface area contributed by atoms with E-state index in [0.29, 0.717) is 32.8 Å². The molecule has 0 amide bonds. The van der Waals surface area contributed by atoms with Crippen molar-refractivity contribution in [3.8, 4) is 11.5 Å². The fourth-order valence-corrected chi connectivity index (χ4v) is 20.3. The summed E-state index contributed by atoms with van der Waals surface area (Å²) in [6, 6.07) is 9.81. The summed E-state index contributed by atoms with van der Waals surface area (Å²) < 4.78 is 0. The molecule has 8 bridgehead atoms. The summed E-state index contributed by atoms with van der Waals surface area (Å²) in [6.45, 7) is 24.0. The van der Waals surface area contributed by atoms with Crippen molar-refractivity contribution in [3.05, 3.63) is 57.6 Å². The van der Waals surface area contributed by atoms with Crippen molar-refractivity contribution in [1.82, 2.24) is 0 Å². The van der Waals surface area contributed by atoms with Gasteiger partial charge in [-0.05, 0) is 171 Å². The Labute approximate surface area is 388 Å². The number of hydrogen-bond donors (Lipinski definition) is 2. The highest BCUT2D eigenvalue weighted by atomic mass is 32.2. The van der Waals surface area contributed by atoms with E-state index >= 15 is 0 Å². The standard InChI is InChI=1S/C58H88O2S2/c1-37(2)23-55-25-39-17-40(26-55)30-57(29-39,35-55)47-21-45(53(5,6)7)19-43(51(47)59)33-61-49-15-13-11-12-14-16-50(49)62-34-44-20-46(54(8,9)10)22-48(52(44)60)58-31-41-18-42(32-58)28-56(27-41,36-58)24-38(3)4/h19-22,37-42,49-50,59-60H,11-18,23-36H2,1-10H3/t39?,40?,41?,42?,49-,50-,55?,56?,57?,58?/m0/s1. The van der Waals surface area contributed by atoms with Crippen molar-refractivity contribution in [1.29, 1.82) is 0 Å². The molecule has 2 aromatic carbocycles. The molecule has 0 radical (unpaired) electrons. The Bertz CT molecular complexity index is 1760. The third kappa shape index (κ3) is 8.97. The van der Waals surface area contributed by atoms with E-state index in [-0.39, 0.29) is 21.7 Å². The topological polar surface area (TPSA) is 40.5 Å². The summed E-state index contributed by atoms with van der Waals surface area (Å²) in [5, 5.41) is 26.3. The van der Waals surface area contributed by atoms with Crippen molar-refractivity contribution >= 4 is 23.5 Å². The molecule has 11 rings (SSSR count). The molecule has 9 fully saturated rings. The van der Waals surface area contributed by atoms with Crippen LogP contribution in [0.4, 0.5) is 0 Å². The van der Waals surface area contributed by atoms with E-state index in [1.54, 1.807) is 0 Å². The third-order valence-corrected chi connectivity index (χ3v) is 21.5. The van der Waals surface area contributed by atoms with Crippen molar-refractivity contribution in [2.24, 2.45) is 46.3 Å². The zero-order valence-electron chi connectivity index (χ0n) is 41.2. The lowest BCUT2D eigenvalue weighted by Gasteiger charge is -2.63. The van der Waals surface area contributed by atoms with Crippen LogP contribution in [0, 0.1) is 46.3 Å². The highest BCUT2D eigenvalue weighted by molar-refractivity contribution is 8.03. The molecule has 9 saturated carbocycles. The Balaban J connectivity index is 0.989. The molecule has 4 heteroatoms. The van der Waals surface area contributed by atoms with E-state index in [0.717, 1.165) is 47.0 Å². The van der Waals surface area contributed by atoms with Gasteiger partial charge in [-0.2, -0.15) is 23.5 Å². The predicted molar refractivity (Wildman–Crippen MR) is 268 cm³/mol. The zero-order chi connectivity index (χ0) is 44.0. The van der Waals surface area contributed by atoms with Crippen LogP contribution in [-0.2, 0) is 33.2 Å². The van der Waals surface area contributed by atoms with Crippen molar-refractivity contribution in [2.75, 3.05) is 0 Å². The van der Waals surface area contributed by atoms with Gasteiger partial charge in [-0.3, -0.25) is 0 Å². The highest BCUT2D eigenvalue weighted by Crippen LogP contribution is 2.70. The van der Waals surface area contributed by atoms with Gasteiger partial charge in [0.05, 0.1) is 0 Å². The van der Waals surface area contributed by atoms with Gasteiger partial charge in [0.15, 0.2) is 0 Å². The van der Waals surface area contributed by atoms with Crippen LogP contribution in [0.3, 0.4) is 0 Å². The minimum absolute atomic E-state index is 0.0338. The molecule has 6 atom stereocenters. The molecule has 344 valence electrons. The average molecular weight is 881 g/mol. The summed E-state index contributed by atoms with van der Waals surface area (Å²) in [5.74, 6) is 7.85. The van der Waals surface area contributed by atoms with E-state index in [4.69, 9.17) is 0 Å². The molecule has 9 aliphatic carbocycles. The van der Waals surface area contributed by atoms with Crippen LogP contribution in [-0.4, -0.2) is 20.7 Å². The van der Waals surface area contributed by atoms with E-state index in [1.807, 2.05) is 0 Å². The van der Waals surface area contributed by atoms with Crippen molar-refractivity contribution < 1.29 is 10.2 Å². The SMILES string of the molecule is CC(C)CC12CC3CC(C1)CC(c1cc(C(C)(C)C)cc(CS[C@H]4CCCCCC[C@@H]4SCc4cc(C(C)(C)C)cc(C56CC7CC(CC(CC(C)C)(C7)C5)C6)c4O)c1O)(C3)C2. The van der Waals surface area contributed by atoms with Gasteiger partial charge in [0.1, 0.15) is 11.5 Å². The molecule has 2 aromatic rings. The molecular formula is C58H88O2S2. The molecule has 9 aliphatic rings. The van der Waals surface area contributed by atoms with Crippen LogP contribution in [0.5, 0.6) is 11.5 Å². The molecular weight excluding hydrogens is 793 g/mol. The summed E-state index contributed by atoms with van der Waals surface area (Å²) in [7, 11) is 0. The fraction of sp³-hybridized carbons (Fsp3) is 0.793. The monoisotopic (exact) mass is 881 g/mol. The maximum Gasteiger partial charge on any atom is 0.123 e. The first-order valence-corrected chi connectivity index (χ1v) is 28.2. The Hall–Kier alpha value is -1.26. The number of hydrogen-bond acceptors (Lipinski definition) is 4. The maximum absolute atomic E-state index is 12.6. The Morgan fingerprint density at radius 2 is 0.887 bits per heavy atom. The van der Waals surface area contributed by atoms with Gasteiger partial charge in [0.2, 0.25) is 0 Å². The van der Waals surface area contributed by atoms with Crippen molar-refractivity contribution in [3.63, 3.8) is 0 Å². The third-order valence-electron chi connectivity index (χ3n) is 18.3. The number of aromatic hydroxyl groups is 2. The van der Waals surface area contributed by atoms with E-state index in [1.165, 1.54) is 162 Å². The largest absolute Gasteiger partial charge is 0.507 e. The van der Waals surface area contributed by atoms with Crippen LogP contribution in [0.25, 0.3) is 0 Å². The Morgan fingerprint density at radius 1 is 0.532 bits per heavy atom. The normalized spacial score (nSPS) is 36.8. The summed E-state index contributed by atoms with van der Waals surface area (Å²) in [4.78, 5) is 0. The van der Waals surface area contributed by atoms with E-state index in [2.05, 4.69) is 117 Å². The van der Waals surface area contributed by atoms with Crippen molar-refractivity contribution in [2.45, 2.75) is 241 Å². The predicted octanol–water partition coefficient (Wildman–Crippen LogP) is 16.7. The molecule has 0 aromatic heterocycles. The minimum atomic E-state index is 0.0338. The molecule has 0 spiro atoms. The van der Waals surface area contributed by atoms with Crippen LogP contribution in [0.2, 0.25) is 0 Å². The number of phenolic OH excluding ortho intramolecular Hbond substituents is 2. The number of thioether (sulfide) groups is 2. The lowest BCUT2D eigenvalue weighted by atomic mass is 9.41. The first kappa shape index (κ1) is 45.9.